The Kier molecular flexibility index (Phi) is 3.88. The minimum absolute atomic E-state index is 0.0481. The Hall–Kier alpha value is -1.96. The molecule has 0 saturated carbocycles. The lowest BCUT2D eigenvalue weighted by atomic mass is 10.0. The number of aromatic nitrogens is 1. The summed E-state index contributed by atoms with van der Waals surface area (Å²) in [6.07, 6.45) is 5.24. The van der Waals surface area contributed by atoms with Crippen LogP contribution in [0.25, 0.3) is 10.9 Å². The number of carbonyl (C=O) groups excluding carboxylic acids is 1. The monoisotopic (exact) mass is 239 g/mol. The molecule has 2 rings (SSSR count). The van der Waals surface area contributed by atoms with Crippen LogP contribution < -0.4 is 0 Å². The predicted octanol–water partition coefficient (Wildman–Crippen LogP) is 4.16. The normalized spacial score (nSPS) is 10.3. The van der Waals surface area contributed by atoms with Crippen LogP contribution in [0.4, 0.5) is 0 Å². The number of hydrogen-bond acceptors (Lipinski definition) is 2. The molecule has 0 spiro atoms. The van der Waals surface area contributed by atoms with E-state index in [1.807, 2.05) is 30.3 Å². The van der Waals surface area contributed by atoms with E-state index in [0.717, 1.165) is 23.7 Å². The van der Waals surface area contributed by atoms with E-state index >= 15 is 0 Å². The van der Waals surface area contributed by atoms with Crippen molar-refractivity contribution < 1.29 is 4.79 Å². The molecule has 1 heterocycles. The third kappa shape index (κ3) is 2.65. The van der Waals surface area contributed by atoms with Crippen LogP contribution >= 0.6 is 0 Å². The average molecular weight is 239 g/mol. The van der Waals surface area contributed by atoms with Crippen molar-refractivity contribution in [3.63, 3.8) is 0 Å². The highest BCUT2D eigenvalue weighted by Crippen LogP contribution is 2.15. The molecule has 0 unspecified atom stereocenters. The van der Waals surface area contributed by atoms with Gasteiger partial charge in [0.15, 0.2) is 5.78 Å². The Bertz CT molecular complexity index is 593. The lowest BCUT2D eigenvalue weighted by Gasteiger charge is -2.02. The molecule has 0 fully saturated rings. The predicted molar refractivity (Wildman–Crippen MR) is 74.7 cm³/mol. The minimum Gasteiger partial charge on any atom is -0.289 e. The van der Waals surface area contributed by atoms with Gasteiger partial charge in [0.25, 0.3) is 0 Å². The molecule has 18 heavy (non-hydrogen) atoms. The van der Waals surface area contributed by atoms with Crippen molar-refractivity contribution in [3.05, 3.63) is 53.7 Å². The van der Waals surface area contributed by atoms with Gasteiger partial charge in [0.05, 0.1) is 5.52 Å². The van der Waals surface area contributed by atoms with Gasteiger partial charge in [0, 0.05) is 17.1 Å². The van der Waals surface area contributed by atoms with Crippen LogP contribution in [0.3, 0.4) is 0 Å². The summed E-state index contributed by atoms with van der Waals surface area (Å²) in [5, 5.41) is 1.01. The van der Waals surface area contributed by atoms with Crippen molar-refractivity contribution in [1.29, 1.82) is 0 Å². The molecule has 0 bridgehead atoms. The molecule has 0 amide bonds. The highest BCUT2D eigenvalue weighted by molar-refractivity contribution is 6.06. The molecule has 1 aromatic carbocycles. The molecule has 0 aliphatic rings. The number of rotatable bonds is 4. The molecular weight excluding hydrogens is 222 g/mol. The average Bonchev–Trinajstić information content (AvgIpc) is 2.44. The van der Waals surface area contributed by atoms with Crippen molar-refractivity contribution in [1.82, 2.24) is 4.98 Å². The lowest BCUT2D eigenvalue weighted by Crippen LogP contribution is -1.97. The second kappa shape index (κ2) is 5.58. The summed E-state index contributed by atoms with van der Waals surface area (Å²) < 4.78 is 0. The van der Waals surface area contributed by atoms with Crippen molar-refractivity contribution in [2.75, 3.05) is 0 Å². The molecule has 2 aromatic rings. The zero-order chi connectivity index (χ0) is 13.0. The van der Waals surface area contributed by atoms with E-state index in [1.54, 1.807) is 12.3 Å². The number of carbonyl (C=O) groups is 1. The van der Waals surface area contributed by atoms with Crippen LogP contribution in [0, 0.1) is 0 Å². The van der Waals surface area contributed by atoms with Gasteiger partial charge in [-0.3, -0.25) is 9.78 Å². The molecule has 0 N–H and O–H groups in total. The quantitative estimate of drug-likeness (QED) is 0.592. The Morgan fingerprint density at radius 1 is 1.22 bits per heavy atom. The molecule has 2 nitrogen and oxygen atoms in total. The Morgan fingerprint density at radius 3 is 2.67 bits per heavy atom. The fourth-order valence-electron chi connectivity index (χ4n) is 1.93. The first kappa shape index (κ1) is 12.5. The van der Waals surface area contributed by atoms with Gasteiger partial charge in [-0.15, -0.1) is 0 Å². The van der Waals surface area contributed by atoms with Crippen molar-refractivity contribution in [3.8, 4) is 0 Å². The summed E-state index contributed by atoms with van der Waals surface area (Å²) >= 11 is 0. The third-order valence-electron chi connectivity index (χ3n) is 3.12. The first-order valence-electron chi connectivity index (χ1n) is 6.33. The van der Waals surface area contributed by atoms with Crippen LogP contribution in [-0.4, -0.2) is 10.8 Å². The van der Waals surface area contributed by atoms with Crippen LogP contribution in [0.15, 0.2) is 48.2 Å². The van der Waals surface area contributed by atoms with Gasteiger partial charge in [-0.2, -0.15) is 0 Å². The molecule has 0 radical (unpaired) electrons. The van der Waals surface area contributed by atoms with Crippen molar-refractivity contribution >= 4 is 16.7 Å². The van der Waals surface area contributed by atoms with Gasteiger partial charge in [-0.1, -0.05) is 37.6 Å². The number of nitrogens with zero attached hydrogens (tertiary/aromatic N) is 1. The highest BCUT2D eigenvalue weighted by atomic mass is 16.1. The van der Waals surface area contributed by atoms with Crippen molar-refractivity contribution in [2.45, 2.75) is 26.7 Å². The first-order chi connectivity index (χ1) is 8.74. The fourth-order valence-corrected chi connectivity index (χ4v) is 1.93. The molecule has 92 valence electrons. The topological polar surface area (TPSA) is 30.0 Å². The van der Waals surface area contributed by atoms with E-state index in [1.165, 1.54) is 5.57 Å². The zero-order valence-electron chi connectivity index (χ0n) is 10.8. The smallest absolute Gasteiger partial charge is 0.187 e. The van der Waals surface area contributed by atoms with Crippen molar-refractivity contribution in [2.24, 2.45) is 0 Å². The maximum absolute atomic E-state index is 12.1. The van der Waals surface area contributed by atoms with E-state index in [2.05, 4.69) is 18.8 Å². The van der Waals surface area contributed by atoms with Crippen LogP contribution in [0.5, 0.6) is 0 Å². The lowest BCUT2D eigenvalue weighted by molar-refractivity contribution is 0.104. The number of pyridine rings is 1. The number of para-hydroxylation sites is 1. The number of fused-ring (bicyclic) bond motifs is 1. The van der Waals surface area contributed by atoms with Gasteiger partial charge in [-0.25, -0.2) is 0 Å². The molecule has 0 atom stereocenters. The van der Waals surface area contributed by atoms with E-state index in [0.29, 0.717) is 5.56 Å². The number of allylic oxidation sites excluding steroid dienone is 2. The molecule has 1 aromatic heterocycles. The third-order valence-corrected chi connectivity index (χ3v) is 3.12. The number of ketones is 1. The molecule has 0 saturated heterocycles. The fraction of sp³-hybridized carbons (Fsp3) is 0.250. The van der Waals surface area contributed by atoms with E-state index < -0.39 is 0 Å². The summed E-state index contributed by atoms with van der Waals surface area (Å²) in [6.45, 7) is 4.14. The summed E-state index contributed by atoms with van der Waals surface area (Å²) in [5.41, 5.74) is 2.76. The van der Waals surface area contributed by atoms with Gasteiger partial charge < -0.3 is 0 Å². The van der Waals surface area contributed by atoms with Crippen LogP contribution in [-0.2, 0) is 0 Å². The SMILES string of the molecule is CCC(=CC(=O)c1cnc2ccccc2c1)CC. The van der Waals surface area contributed by atoms with Crippen LogP contribution in [0.2, 0.25) is 0 Å². The molecule has 2 heteroatoms. The van der Waals surface area contributed by atoms with E-state index in [-0.39, 0.29) is 5.78 Å². The summed E-state index contributed by atoms with van der Waals surface area (Å²) in [6, 6.07) is 9.73. The van der Waals surface area contributed by atoms with Gasteiger partial charge in [0.2, 0.25) is 0 Å². The second-order valence-electron chi connectivity index (χ2n) is 4.29. The van der Waals surface area contributed by atoms with Gasteiger partial charge in [-0.05, 0) is 31.1 Å². The maximum Gasteiger partial charge on any atom is 0.187 e. The number of benzene rings is 1. The standard InChI is InChI=1S/C16H17NO/c1-3-12(4-2)9-16(18)14-10-13-7-5-6-8-15(13)17-11-14/h5-11H,3-4H2,1-2H3. The summed E-state index contributed by atoms with van der Waals surface area (Å²) in [5.74, 6) is 0.0481. The van der Waals surface area contributed by atoms with E-state index in [9.17, 15) is 4.79 Å². The Labute approximate surface area is 107 Å². The molecule has 0 aliphatic carbocycles. The Morgan fingerprint density at radius 2 is 1.94 bits per heavy atom. The largest absolute Gasteiger partial charge is 0.289 e. The van der Waals surface area contributed by atoms with E-state index in [4.69, 9.17) is 0 Å². The summed E-state index contributed by atoms with van der Waals surface area (Å²) in [4.78, 5) is 16.4. The number of hydrogen-bond donors (Lipinski definition) is 0. The summed E-state index contributed by atoms with van der Waals surface area (Å²) in [7, 11) is 0. The zero-order valence-corrected chi connectivity index (χ0v) is 10.8. The van der Waals surface area contributed by atoms with Crippen LogP contribution in [0.1, 0.15) is 37.0 Å². The maximum atomic E-state index is 12.1. The van der Waals surface area contributed by atoms with Gasteiger partial charge in [0.1, 0.15) is 0 Å². The minimum atomic E-state index is 0.0481. The Balaban J connectivity index is 2.36. The highest BCUT2D eigenvalue weighted by Gasteiger charge is 2.05. The van der Waals surface area contributed by atoms with Gasteiger partial charge >= 0.3 is 0 Å². The first-order valence-corrected chi connectivity index (χ1v) is 6.33. The second-order valence-corrected chi connectivity index (χ2v) is 4.29. The molecular formula is C16H17NO. The molecule has 0 aliphatic heterocycles.